The summed E-state index contributed by atoms with van der Waals surface area (Å²) in [6.45, 7) is 4.20. The molecule has 0 aliphatic rings. The molecule has 0 aliphatic carbocycles. The van der Waals surface area contributed by atoms with Crippen molar-refractivity contribution in [2.75, 3.05) is 27.2 Å². The van der Waals surface area contributed by atoms with E-state index in [4.69, 9.17) is 17.5 Å². The second-order valence-corrected chi connectivity index (χ2v) is 7.66. The summed E-state index contributed by atoms with van der Waals surface area (Å²) in [6, 6.07) is 0. The van der Waals surface area contributed by atoms with Crippen LogP contribution in [0.3, 0.4) is 0 Å². The Labute approximate surface area is 258 Å². The summed E-state index contributed by atoms with van der Waals surface area (Å²) in [5.74, 6) is 0.239. The molecule has 7 nitrogen and oxygen atoms in total. The van der Waals surface area contributed by atoms with Gasteiger partial charge in [0.05, 0.1) is 0 Å². The summed E-state index contributed by atoms with van der Waals surface area (Å²) >= 11 is 0. The number of amides is 1. The number of nitrogens with one attached hydrogen (secondary N) is 1. The molecule has 0 aromatic rings. The van der Waals surface area contributed by atoms with E-state index >= 15 is 0 Å². The van der Waals surface area contributed by atoms with E-state index in [9.17, 15) is 4.79 Å². The average Bonchev–Trinajstić information content (AvgIpc) is 2.51. The molecule has 0 atom stereocenters. The third-order valence-corrected chi connectivity index (χ3v) is 3.86. The standard InChI is InChI=1S/C18H38N2O.2K.H2O4S/c1-4-5-6-7-8-9-10-11-12-15-18(21)19-16-13-14-17-20(2)3;;;1-5(2,3)4/h4-17H2,1-3H3,(H,19,21);;;(H2,1,2,3,4)/q;2*+1;/p-2. The second-order valence-electron chi connectivity index (χ2n) is 6.85. The SMILES string of the molecule is CCCCCCCCCCCC(=O)NCCCCN(C)C.O=S(=O)([O-])[O-].[K+].[K+]. The summed E-state index contributed by atoms with van der Waals surface area (Å²) in [5, 5.41) is 3.02. The zero-order chi connectivity index (χ0) is 20.3. The van der Waals surface area contributed by atoms with E-state index in [0.717, 1.165) is 32.4 Å². The molecule has 0 saturated heterocycles. The molecule has 0 fully saturated rings. The molecule has 0 aromatic heterocycles. The molecule has 28 heavy (non-hydrogen) atoms. The van der Waals surface area contributed by atoms with Crippen LogP contribution in [0.25, 0.3) is 0 Å². The van der Waals surface area contributed by atoms with Gasteiger partial charge in [0.15, 0.2) is 0 Å². The number of carbonyl (C=O) groups excluding carboxylic acids is 1. The topological polar surface area (TPSA) is 113 Å². The van der Waals surface area contributed by atoms with E-state index < -0.39 is 10.4 Å². The van der Waals surface area contributed by atoms with Crippen molar-refractivity contribution < 1.29 is 125 Å². The number of rotatable bonds is 15. The van der Waals surface area contributed by atoms with E-state index in [1.807, 2.05) is 0 Å². The summed E-state index contributed by atoms with van der Waals surface area (Å²) in [5.41, 5.74) is 0. The molecule has 0 saturated carbocycles. The van der Waals surface area contributed by atoms with Crippen molar-refractivity contribution in [3.8, 4) is 0 Å². The van der Waals surface area contributed by atoms with Gasteiger partial charge in [-0.25, -0.2) is 0 Å². The monoisotopic (exact) mass is 472 g/mol. The van der Waals surface area contributed by atoms with E-state index in [1.54, 1.807) is 0 Å². The fourth-order valence-electron chi connectivity index (χ4n) is 2.47. The van der Waals surface area contributed by atoms with Crippen molar-refractivity contribution in [2.24, 2.45) is 0 Å². The molecular formula is C18H38K2N2O5S. The van der Waals surface area contributed by atoms with Gasteiger partial charge in [-0.1, -0.05) is 58.3 Å². The first-order chi connectivity index (χ1) is 12.2. The second kappa shape index (κ2) is 27.6. The van der Waals surface area contributed by atoms with Gasteiger partial charge in [0.2, 0.25) is 5.91 Å². The Morgan fingerprint density at radius 3 is 1.68 bits per heavy atom. The van der Waals surface area contributed by atoms with Crippen LogP contribution >= 0.6 is 0 Å². The van der Waals surface area contributed by atoms with E-state index in [0.29, 0.717) is 6.42 Å². The zero-order valence-electron chi connectivity index (χ0n) is 18.8. The van der Waals surface area contributed by atoms with Gasteiger partial charge >= 0.3 is 103 Å². The number of nitrogens with zero attached hydrogens (tertiary/aromatic N) is 1. The number of hydrogen-bond acceptors (Lipinski definition) is 6. The van der Waals surface area contributed by atoms with Gasteiger partial charge in [0.25, 0.3) is 0 Å². The van der Waals surface area contributed by atoms with Crippen LogP contribution in [0.2, 0.25) is 0 Å². The maximum Gasteiger partial charge on any atom is 1.00 e. The van der Waals surface area contributed by atoms with Crippen molar-refractivity contribution >= 4 is 16.3 Å². The Hall–Kier alpha value is 2.57. The van der Waals surface area contributed by atoms with Gasteiger partial charge in [0, 0.05) is 23.4 Å². The predicted molar refractivity (Wildman–Crippen MR) is 103 cm³/mol. The van der Waals surface area contributed by atoms with E-state index in [1.165, 1.54) is 51.4 Å². The average molecular weight is 473 g/mol. The molecule has 10 heteroatoms. The fourth-order valence-corrected chi connectivity index (χ4v) is 2.47. The molecule has 1 amide bonds. The molecule has 0 bridgehead atoms. The van der Waals surface area contributed by atoms with Gasteiger partial charge in [-0.3, -0.25) is 13.2 Å². The van der Waals surface area contributed by atoms with Crippen LogP contribution in [-0.4, -0.2) is 55.5 Å². The van der Waals surface area contributed by atoms with Crippen LogP contribution in [0.1, 0.15) is 84.0 Å². The minimum Gasteiger partial charge on any atom is -0.759 e. The summed E-state index contributed by atoms with van der Waals surface area (Å²) in [6.07, 6.45) is 14.7. The molecule has 0 heterocycles. The summed E-state index contributed by atoms with van der Waals surface area (Å²) < 4.78 is 34.1. The van der Waals surface area contributed by atoms with Crippen molar-refractivity contribution in [1.82, 2.24) is 10.2 Å². The van der Waals surface area contributed by atoms with Crippen molar-refractivity contribution in [3.05, 3.63) is 0 Å². The Kier molecular flexibility index (Phi) is 37.3. The Bertz CT molecular complexity index is 416. The third-order valence-electron chi connectivity index (χ3n) is 3.86. The van der Waals surface area contributed by atoms with Crippen LogP contribution in [0.15, 0.2) is 0 Å². The largest absolute Gasteiger partial charge is 1.00 e. The van der Waals surface area contributed by atoms with Gasteiger partial charge in [0.1, 0.15) is 0 Å². The van der Waals surface area contributed by atoms with Crippen molar-refractivity contribution in [2.45, 2.75) is 84.0 Å². The predicted octanol–water partition coefficient (Wildman–Crippen LogP) is -2.96. The maximum absolute atomic E-state index is 11.6. The van der Waals surface area contributed by atoms with E-state index in [2.05, 4.69) is 31.2 Å². The Morgan fingerprint density at radius 2 is 1.25 bits per heavy atom. The minimum absolute atomic E-state index is 0. The smallest absolute Gasteiger partial charge is 0.759 e. The summed E-state index contributed by atoms with van der Waals surface area (Å²) in [4.78, 5) is 13.8. The Morgan fingerprint density at radius 1 is 0.821 bits per heavy atom. The van der Waals surface area contributed by atoms with Crippen molar-refractivity contribution in [1.29, 1.82) is 0 Å². The molecule has 0 spiro atoms. The first kappa shape index (κ1) is 37.9. The van der Waals surface area contributed by atoms with Crippen LogP contribution in [0.5, 0.6) is 0 Å². The van der Waals surface area contributed by atoms with Crippen LogP contribution in [0, 0.1) is 0 Å². The molecule has 158 valence electrons. The molecule has 0 radical (unpaired) electrons. The Balaban J connectivity index is -0.000000364. The van der Waals surface area contributed by atoms with Gasteiger partial charge in [-0.2, -0.15) is 0 Å². The first-order valence-electron chi connectivity index (χ1n) is 9.75. The molecule has 0 aliphatic heterocycles. The van der Waals surface area contributed by atoms with Crippen LogP contribution < -0.4 is 108 Å². The molecular weight excluding hydrogens is 434 g/mol. The van der Waals surface area contributed by atoms with Gasteiger partial charge in [-0.05, 0) is 39.9 Å². The zero-order valence-corrected chi connectivity index (χ0v) is 25.9. The van der Waals surface area contributed by atoms with Crippen LogP contribution in [0.4, 0.5) is 0 Å². The first-order valence-corrected chi connectivity index (χ1v) is 11.1. The molecule has 1 N–H and O–H groups in total. The molecule has 0 aromatic carbocycles. The summed E-state index contributed by atoms with van der Waals surface area (Å²) in [7, 11) is -0.995. The molecule has 0 rings (SSSR count). The van der Waals surface area contributed by atoms with E-state index in [-0.39, 0.29) is 109 Å². The normalized spacial score (nSPS) is 10.4. The maximum atomic E-state index is 11.6. The number of hydrogen-bond donors (Lipinski definition) is 1. The van der Waals surface area contributed by atoms with Gasteiger partial charge in [-0.15, -0.1) is 0 Å². The molecule has 0 unspecified atom stereocenters. The van der Waals surface area contributed by atoms with Gasteiger partial charge < -0.3 is 19.3 Å². The van der Waals surface area contributed by atoms with Crippen molar-refractivity contribution in [3.63, 3.8) is 0 Å². The number of unbranched alkanes of at least 4 members (excludes halogenated alkanes) is 9. The van der Waals surface area contributed by atoms with Crippen LogP contribution in [-0.2, 0) is 15.2 Å². The quantitative estimate of drug-likeness (QED) is 0.118. The fraction of sp³-hybridized carbons (Fsp3) is 0.944. The third kappa shape index (κ3) is 46.7. The minimum atomic E-state index is -5.17. The number of carbonyl (C=O) groups is 1.